The van der Waals surface area contributed by atoms with Crippen LogP contribution in [-0.4, -0.2) is 9.91 Å². The van der Waals surface area contributed by atoms with Crippen molar-refractivity contribution in [3.63, 3.8) is 0 Å². The SMILES string of the molecule is O=[N+]([O-])c1cccc(Sc2c[nH]c3ccc(Br)cc23)c1. The predicted molar refractivity (Wildman–Crippen MR) is 83.2 cm³/mol. The molecular formula is C14H9BrN2O2S. The number of aromatic amines is 1. The van der Waals surface area contributed by atoms with E-state index < -0.39 is 0 Å². The van der Waals surface area contributed by atoms with E-state index in [-0.39, 0.29) is 10.6 Å². The fraction of sp³-hybridized carbons (Fsp3) is 0. The molecule has 1 aromatic heterocycles. The fourth-order valence-electron chi connectivity index (χ4n) is 1.94. The van der Waals surface area contributed by atoms with Crippen LogP contribution in [0.5, 0.6) is 0 Å². The van der Waals surface area contributed by atoms with Gasteiger partial charge in [-0.1, -0.05) is 33.8 Å². The zero-order chi connectivity index (χ0) is 14.1. The topological polar surface area (TPSA) is 58.9 Å². The molecule has 1 N–H and O–H groups in total. The lowest BCUT2D eigenvalue weighted by molar-refractivity contribution is -0.385. The van der Waals surface area contributed by atoms with Crippen LogP contribution in [0.3, 0.4) is 0 Å². The largest absolute Gasteiger partial charge is 0.360 e. The summed E-state index contributed by atoms with van der Waals surface area (Å²) in [5.74, 6) is 0. The average molecular weight is 349 g/mol. The van der Waals surface area contributed by atoms with Crippen LogP contribution in [0.4, 0.5) is 5.69 Å². The quantitative estimate of drug-likeness (QED) is 0.535. The lowest BCUT2D eigenvalue weighted by atomic mass is 10.2. The summed E-state index contributed by atoms with van der Waals surface area (Å²) in [5, 5.41) is 11.9. The van der Waals surface area contributed by atoms with E-state index in [0.29, 0.717) is 0 Å². The number of benzene rings is 2. The average Bonchev–Trinajstić information content (AvgIpc) is 2.82. The third-order valence-electron chi connectivity index (χ3n) is 2.86. The van der Waals surface area contributed by atoms with Gasteiger partial charge < -0.3 is 4.98 Å². The maximum absolute atomic E-state index is 10.8. The molecule has 3 rings (SSSR count). The highest BCUT2D eigenvalue weighted by molar-refractivity contribution is 9.10. The first-order valence-electron chi connectivity index (χ1n) is 5.82. The second-order valence-corrected chi connectivity index (χ2v) is 6.23. The number of rotatable bonds is 3. The number of non-ortho nitro benzene ring substituents is 1. The Morgan fingerprint density at radius 3 is 2.85 bits per heavy atom. The van der Waals surface area contributed by atoms with Crippen LogP contribution in [-0.2, 0) is 0 Å². The van der Waals surface area contributed by atoms with Crippen molar-refractivity contribution in [3.8, 4) is 0 Å². The highest BCUT2D eigenvalue weighted by atomic mass is 79.9. The van der Waals surface area contributed by atoms with Gasteiger partial charge >= 0.3 is 0 Å². The Balaban J connectivity index is 1.99. The van der Waals surface area contributed by atoms with Gasteiger partial charge in [0.15, 0.2) is 0 Å². The molecule has 0 unspecified atom stereocenters. The number of nitro benzene ring substituents is 1. The van der Waals surface area contributed by atoms with Crippen LogP contribution in [0.2, 0.25) is 0 Å². The number of nitro groups is 1. The van der Waals surface area contributed by atoms with Crippen molar-refractivity contribution in [2.45, 2.75) is 9.79 Å². The molecule has 0 radical (unpaired) electrons. The summed E-state index contributed by atoms with van der Waals surface area (Å²) in [5.41, 5.74) is 1.15. The maximum Gasteiger partial charge on any atom is 0.270 e. The van der Waals surface area contributed by atoms with Crippen LogP contribution < -0.4 is 0 Å². The minimum absolute atomic E-state index is 0.107. The highest BCUT2D eigenvalue weighted by Crippen LogP contribution is 2.35. The van der Waals surface area contributed by atoms with E-state index in [1.807, 2.05) is 30.5 Å². The number of nitrogens with one attached hydrogen (secondary N) is 1. The van der Waals surface area contributed by atoms with Crippen molar-refractivity contribution in [1.82, 2.24) is 4.98 Å². The van der Waals surface area contributed by atoms with Gasteiger partial charge in [-0.3, -0.25) is 10.1 Å². The molecule has 1 heterocycles. The van der Waals surface area contributed by atoms with E-state index in [9.17, 15) is 10.1 Å². The van der Waals surface area contributed by atoms with Crippen molar-refractivity contribution >= 4 is 44.3 Å². The van der Waals surface area contributed by atoms with Gasteiger partial charge in [0, 0.05) is 43.5 Å². The van der Waals surface area contributed by atoms with Gasteiger partial charge in [-0.15, -0.1) is 0 Å². The van der Waals surface area contributed by atoms with Crippen molar-refractivity contribution in [1.29, 1.82) is 0 Å². The Hall–Kier alpha value is -1.79. The molecule has 3 aromatic rings. The number of H-pyrrole nitrogens is 1. The van der Waals surface area contributed by atoms with Gasteiger partial charge in [0.2, 0.25) is 0 Å². The van der Waals surface area contributed by atoms with Crippen molar-refractivity contribution in [3.05, 3.63) is 63.2 Å². The Bertz CT molecular complexity index is 801. The molecule has 0 aliphatic carbocycles. The van der Waals surface area contributed by atoms with Crippen molar-refractivity contribution < 1.29 is 4.92 Å². The molecule has 0 aliphatic rings. The summed E-state index contributed by atoms with van der Waals surface area (Å²) in [4.78, 5) is 15.5. The van der Waals surface area contributed by atoms with E-state index in [1.165, 1.54) is 17.8 Å². The molecule has 6 heteroatoms. The molecule has 4 nitrogen and oxygen atoms in total. The lowest BCUT2D eigenvalue weighted by Crippen LogP contribution is -1.86. The Morgan fingerprint density at radius 2 is 2.05 bits per heavy atom. The van der Waals surface area contributed by atoms with Gasteiger partial charge in [0.1, 0.15) is 0 Å². The Labute approximate surface area is 127 Å². The van der Waals surface area contributed by atoms with Crippen molar-refractivity contribution in [2.75, 3.05) is 0 Å². The summed E-state index contributed by atoms with van der Waals surface area (Å²) in [6.45, 7) is 0. The van der Waals surface area contributed by atoms with Crippen LogP contribution in [0.25, 0.3) is 10.9 Å². The molecule has 0 aliphatic heterocycles. The summed E-state index contributed by atoms with van der Waals surface area (Å²) in [6, 6.07) is 12.7. The molecular weight excluding hydrogens is 340 g/mol. The van der Waals surface area contributed by atoms with Crippen LogP contribution in [0.15, 0.2) is 62.9 Å². The Morgan fingerprint density at radius 1 is 1.20 bits per heavy atom. The lowest BCUT2D eigenvalue weighted by Gasteiger charge is -2.00. The molecule has 0 bridgehead atoms. The zero-order valence-electron chi connectivity index (χ0n) is 10.2. The predicted octanol–water partition coefficient (Wildman–Crippen LogP) is 4.99. The highest BCUT2D eigenvalue weighted by Gasteiger charge is 2.09. The molecule has 2 aromatic carbocycles. The smallest absolute Gasteiger partial charge is 0.270 e. The molecule has 0 spiro atoms. The first kappa shape index (κ1) is 13.2. The standard InChI is InChI=1S/C14H9BrN2O2S/c15-9-4-5-13-12(6-9)14(8-16-13)20-11-3-1-2-10(7-11)17(18)19/h1-8,16H. The molecule has 0 fully saturated rings. The van der Waals surface area contributed by atoms with E-state index in [4.69, 9.17) is 0 Å². The molecule has 0 atom stereocenters. The number of nitrogens with zero attached hydrogens (tertiary/aromatic N) is 1. The van der Waals surface area contributed by atoms with Crippen LogP contribution in [0.1, 0.15) is 0 Å². The number of aromatic nitrogens is 1. The third kappa shape index (κ3) is 2.57. The van der Waals surface area contributed by atoms with E-state index in [2.05, 4.69) is 20.9 Å². The minimum Gasteiger partial charge on any atom is -0.360 e. The Kier molecular flexibility index (Phi) is 3.50. The summed E-state index contributed by atoms with van der Waals surface area (Å²) in [7, 11) is 0. The molecule has 100 valence electrons. The third-order valence-corrected chi connectivity index (χ3v) is 4.40. The number of hydrogen-bond acceptors (Lipinski definition) is 3. The number of halogens is 1. The molecule has 0 saturated heterocycles. The van der Waals surface area contributed by atoms with Gasteiger partial charge in [0.05, 0.1) is 4.92 Å². The van der Waals surface area contributed by atoms with Crippen molar-refractivity contribution in [2.24, 2.45) is 0 Å². The summed E-state index contributed by atoms with van der Waals surface area (Å²) in [6.07, 6.45) is 1.92. The fourth-order valence-corrected chi connectivity index (χ4v) is 3.28. The van der Waals surface area contributed by atoms with Gasteiger partial charge in [-0.05, 0) is 24.3 Å². The summed E-state index contributed by atoms with van der Waals surface area (Å²) >= 11 is 4.96. The normalized spacial score (nSPS) is 10.8. The van der Waals surface area contributed by atoms with E-state index in [1.54, 1.807) is 12.1 Å². The molecule has 0 amide bonds. The van der Waals surface area contributed by atoms with E-state index >= 15 is 0 Å². The van der Waals surface area contributed by atoms with Crippen LogP contribution in [0, 0.1) is 10.1 Å². The monoisotopic (exact) mass is 348 g/mol. The minimum atomic E-state index is -0.379. The molecule has 20 heavy (non-hydrogen) atoms. The summed E-state index contributed by atoms with van der Waals surface area (Å²) < 4.78 is 1.01. The first-order chi connectivity index (χ1) is 9.63. The van der Waals surface area contributed by atoms with E-state index in [0.717, 1.165) is 25.2 Å². The number of hydrogen-bond donors (Lipinski definition) is 1. The van der Waals surface area contributed by atoms with Gasteiger partial charge in [-0.2, -0.15) is 0 Å². The first-order valence-corrected chi connectivity index (χ1v) is 7.43. The van der Waals surface area contributed by atoms with Gasteiger partial charge in [-0.25, -0.2) is 0 Å². The zero-order valence-corrected chi connectivity index (χ0v) is 12.6. The molecule has 0 saturated carbocycles. The number of fused-ring (bicyclic) bond motifs is 1. The van der Waals surface area contributed by atoms with Gasteiger partial charge in [0.25, 0.3) is 5.69 Å². The second-order valence-electron chi connectivity index (χ2n) is 4.20. The maximum atomic E-state index is 10.8. The van der Waals surface area contributed by atoms with Crippen LogP contribution >= 0.6 is 27.7 Å². The second kappa shape index (κ2) is 5.30.